The van der Waals surface area contributed by atoms with E-state index in [1.807, 2.05) is 0 Å². The third-order valence-electron chi connectivity index (χ3n) is 6.44. The van der Waals surface area contributed by atoms with E-state index in [9.17, 15) is 9.90 Å². The van der Waals surface area contributed by atoms with Gasteiger partial charge in [-0.05, 0) is 18.9 Å². The summed E-state index contributed by atoms with van der Waals surface area (Å²) in [6, 6.07) is 1.53. The average Bonchev–Trinajstić information content (AvgIpc) is 2.82. The van der Waals surface area contributed by atoms with Gasteiger partial charge in [-0.1, -0.05) is 103 Å². The molecule has 0 heterocycles. The highest BCUT2D eigenvalue weighted by atomic mass is 16.5. The molecular weight excluding hydrogens is 416 g/mol. The SMILES string of the molecule is CCCCCCCCCCCCCCCCCCc1c(C(=O)O)cc(OC)c(OC)c1OC. The van der Waals surface area contributed by atoms with Crippen molar-refractivity contribution in [2.75, 3.05) is 21.3 Å². The maximum atomic E-state index is 11.8. The molecule has 0 aromatic heterocycles. The zero-order chi connectivity index (χ0) is 24.3. The first kappa shape index (κ1) is 29.1. The standard InChI is InChI=1S/C28H48O5/c1-5-6-7-8-9-10-11-12-13-14-15-16-17-18-19-20-21-23-24(28(29)30)22-25(31-2)27(33-4)26(23)32-3/h22H,5-21H2,1-4H3,(H,29,30). The van der Waals surface area contributed by atoms with Gasteiger partial charge in [-0.15, -0.1) is 0 Å². The van der Waals surface area contributed by atoms with Crippen LogP contribution in [-0.2, 0) is 6.42 Å². The molecular formula is C28H48O5. The fourth-order valence-electron chi connectivity index (χ4n) is 4.50. The van der Waals surface area contributed by atoms with Gasteiger partial charge in [-0.2, -0.15) is 0 Å². The second kappa shape index (κ2) is 18.5. The number of carbonyl (C=O) groups is 1. The van der Waals surface area contributed by atoms with Gasteiger partial charge in [0.2, 0.25) is 5.75 Å². The van der Waals surface area contributed by atoms with Gasteiger partial charge in [-0.3, -0.25) is 0 Å². The summed E-state index contributed by atoms with van der Waals surface area (Å²) in [6.07, 6.45) is 21.7. The van der Waals surface area contributed by atoms with Crippen molar-refractivity contribution in [1.82, 2.24) is 0 Å². The van der Waals surface area contributed by atoms with Crippen molar-refractivity contribution >= 4 is 5.97 Å². The molecule has 0 saturated carbocycles. The minimum Gasteiger partial charge on any atom is -0.493 e. The Kier molecular flexibility index (Phi) is 16.3. The van der Waals surface area contributed by atoms with Gasteiger partial charge in [0.15, 0.2) is 11.5 Å². The van der Waals surface area contributed by atoms with E-state index in [1.54, 1.807) is 14.2 Å². The monoisotopic (exact) mass is 464 g/mol. The molecule has 5 heteroatoms. The van der Waals surface area contributed by atoms with Crippen LogP contribution in [0.3, 0.4) is 0 Å². The predicted molar refractivity (Wildman–Crippen MR) is 136 cm³/mol. The fraction of sp³-hybridized carbons (Fsp3) is 0.750. The van der Waals surface area contributed by atoms with Gasteiger partial charge in [0.05, 0.1) is 26.9 Å². The highest BCUT2D eigenvalue weighted by Gasteiger charge is 2.23. The van der Waals surface area contributed by atoms with E-state index >= 15 is 0 Å². The highest BCUT2D eigenvalue weighted by Crippen LogP contribution is 2.42. The second-order valence-corrected chi connectivity index (χ2v) is 9.03. The summed E-state index contributed by atoms with van der Waals surface area (Å²) < 4.78 is 16.2. The van der Waals surface area contributed by atoms with Crippen LogP contribution in [0.25, 0.3) is 0 Å². The van der Waals surface area contributed by atoms with Crippen molar-refractivity contribution < 1.29 is 24.1 Å². The Morgan fingerprint density at radius 3 is 1.45 bits per heavy atom. The number of hydrogen-bond donors (Lipinski definition) is 1. The zero-order valence-electron chi connectivity index (χ0n) is 21.7. The summed E-state index contributed by atoms with van der Waals surface area (Å²) in [4.78, 5) is 11.8. The van der Waals surface area contributed by atoms with Gasteiger partial charge in [0, 0.05) is 5.56 Å². The van der Waals surface area contributed by atoms with Gasteiger partial charge < -0.3 is 19.3 Å². The molecule has 1 aromatic rings. The summed E-state index contributed by atoms with van der Waals surface area (Å²) in [5, 5.41) is 9.65. The van der Waals surface area contributed by atoms with Gasteiger partial charge in [0.25, 0.3) is 0 Å². The molecule has 1 N–H and O–H groups in total. The van der Waals surface area contributed by atoms with Gasteiger partial charge >= 0.3 is 5.97 Å². The number of aromatic carboxylic acids is 1. The van der Waals surface area contributed by atoms with Crippen molar-refractivity contribution in [3.05, 3.63) is 17.2 Å². The van der Waals surface area contributed by atoms with Crippen molar-refractivity contribution in [2.24, 2.45) is 0 Å². The Morgan fingerprint density at radius 2 is 1.09 bits per heavy atom. The largest absolute Gasteiger partial charge is 0.493 e. The van der Waals surface area contributed by atoms with Crippen molar-refractivity contribution in [3.63, 3.8) is 0 Å². The fourth-order valence-corrected chi connectivity index (χ4v) is 4.50. The number of unbranched alkanes of at least 4 members (excludes halogenated alkanes) is 15. The number of carboxylic acids is 1. The Hall–Kier alpha value is -1.91. The lowest BCUT2D eigenvalue weighted by atomic mass is 9.98. The summed E-state index contributed by atoms with van der Waals surface area (Å²) >= 11 is 0. The maximum Gasteiger partial charge on any atom is 0.336 e. The van der Waals surface area contributed by atoms with Crippen molar-refractivity contribution in [2.45, 2.75) is 116 Å². The third-order valence-corrected chi connectivity index (χ3v) is 6.44. The lowest BCUT2D eigenvalue weighted by molar-refractivity contribution is 0.0694. The summed E-state index contributed by atoms with van der Waals surface area (Å²) in [5.74, 6) is 0.329. The first-order valence-electron chi connectivity index (χ1n) is 13.2. The van der Waals surface area contributed by atoms with Gasteiger partial charge in [0.1, 0.15) is 0 Å². The van der Waals surface area contributed by atoms with Crippen molar-refractivity contribution in [3.8, 4) is 17.2 Å². The van der Waals surface area contributed by atoms with E-state index < -0.39 is 5.97 Å². The molecule has 1 aromatic carbocycles. The average molecular weight is 465 g/mol. The molecule has 0 unspecified atom stereocenters. The van der Waals surface area contributed by atoms with Crippen LogP contribution in [0.2, 0.25) is 0 Å². The number of benzene rings is 1. The second-order valence-electron chi connectivity index (χ2n) is 9.03. The Labute approximate surface area is 202 Å². The predicted octanol–water partition coefficient (Wildman–Crippen LogP) is 8.21. The molecule has 190 valence electrons. The minimum atomic E-state index is -0.972. The van der Waals surface area contributed by atoms with Crippen molar-refractivity contribution in [1.29, 1.82) is 0 Å². The molecule has 0 aliphatic rings. The number of ether oxygens (including phenoxy) is 3. The smallest absolute Gasteiger partial charge is 0.336 e. The van der Waals surface area contributed by atoms with Crippen LogP contribution in [0.1, 0.15) is 126 Å². The van der Waals surface area contributed by atoms with Crippen LogP contribution < -0.4 is 14.2 Å². The lowest BCUT2D eigenvalue weighted by Gasteiger charge is -2.18. The Bertz CT molecular complexity index is 656. The normalized spacial score (nSPS) is 10.9. The van der Waals surface area contributed by atoms with Crippen LogP contribution >= 0.6 is 0 Å². The quantitative estimate of drug-likeness (QED) is 0.186. The highest BCUT2D eigenvalue weighted by molar-refractivity contribution is 5.92. The number of carboxylic acid groups (broad SMARTS) is 1. The summed E-state index contributed by atoms with van der Waals surface area (Å²) in [5.41, 5.74) is 0.915. The van der Waals surface area contributed by atoms with E-state index in [2.05, 4.69) is 6.92 Å². The van der Waals surface area contributed by atoms with E-state index in [1.165, 1.54) is 103 Å². The third kappa shape index (κ3) is 11.2. The van der Waals surface area contributed by atoms with Crippen LogP contribution in [-0.4, -0.2) is 32.4 Å². The number of rotatable bonds is 21. The van der Waals surface area contributed by atoms with Crippen LogP contribution in [0.5, 0.6) is 17.2 Å². The van der Waals surface area contributed by atoms with E-state index in [4.69, 9.17) is 14.2 Å². The van der Waals surface area contributed by atoms with Crippen LogP contribution in [0, 0.1) is 0 Å². The van der Waals surface area contributed by atoms with Crippen LogP contribution in [0.4, 0.5) is 0 Å². The molecule has 0 atom stereocenters. The Balaban J connectivity index is 2.22. The van der Waals surface area contributed by atoms with Crippen LogP contribution in [0.15, 0.2) is 6.07 Å². The van der Waals surface area contributed by atoms with E-state index in [-0.39, 0.29) is 5.56 Å². The first-order valence-corrected chi connectivity index (χ1v) is 13.2. The maximum absolute atomic E-state index is 11.8. The minimum absolute atomic E-state index is 0.227. The number of hydrogen-bond acceptors (Lipinski definition) is 4. The first-order chi connectivity index (χ1) is 16.1. The molecule has 5 nitrogen and oxygen atoms in total. The molecule has 0 amide bonds. The van der Waals surface area contributed by atoms with E-state index in [0.717, 1.165) is 12.8 Å². The van der Waals surface area contributed by atoms with Gasteiger partial charge in [-0.25, -0.2) is 4.79 Å². The van der Waals surface area contributed by atoms with E-state index in [0.29, 0.717) is 29.2 Å². The number of methoxy groups -OCH3 is 3. The molecule has 0 radical (unpaired) electrons. The molecule has 33 heavy (non-hydrogen) atoms. The topological polar surface area (TPSA) is 65.0 Å². The summed E-state index contributed by atoms with van der Waals surface area (Å²) in [6.45, 7) is 2.27. The molecule has 0 aliphatic carbocycles. The molecule has 0 saturated heterocycles. The summed E-state index contributed by atoms with van der Waals surface area (Å²) in [7, 11) is 4.58. The molecule has 1 rings (SSSR count). The molecule has 0 fully saturated rings. The molecule has 0 bridgehead atoms. The molecule has 0 spiro atoms. The molecule has 0 aliphatic heterocycles. The zero-order valence-corrected chi connectivity index (χ0v) is 21.7. The Morgan fingerprint density at radius 1 is 0.667 bits per heavy atom. The lowest BCUT2D eigenvalue weighted by Crippen LogP contribution is -2.08.